The molecule has 2 nitrogen and oxygen atoms in total. The Morgan fingerprint density at radius 3 is 2.63 bits per heavy atom. The van der Waals surface area contributed by atoms with E-state index in [1.54, 1.807) is 12.1 Å². The topological polar surface area (TPSA) is 30.9 Å². The minimum absolute atomic E-state index is 0.251. The van der Waals surface area contributed by atoms with E-state index in [1.165, 1.54) is 6.07 Å². The highest BCUT2D eigenvalue weighted by Gasteiger charge is 2.10. The second-order valence-electron chi connectivity index (χ2n) is 4.44. The maximum absolute atomic E-state index is 13.7. The molecule has 96 valence electrons. The molecule has 1 aromatic heterocycles. The number of fused-ring (bicyclic) bond motifs is 1. The van der Waals surface area contributed by atoms with Crippen LogP contribution in [0.5, 0.6) is 0 Å². The fourth-order valence-corrected chi connectivity index (χ4v) is 2.28. The van der Waals surface area contributed by atoms with E-state index in [-0.39, 0.29) is 6.54 Å². The molecule has 0 spiro atoms. The van der Waals surface area contributed by atoms with Crippen LogP contribution < -0.4 is 5.73 Å². The Morgan fingerprint density at radius 2 is 1.79 bits per heavy atom. The Bertz CT molecular complexity index is 747. The number of nitrogens with zero attached hydrogens (tertiary/aromatic N) is 1. The van der Waals surface area contributed by atoms with Crippen LogP contribution in [0.3, 0.4) is 0 Å². The molecule has 0 saturated carbocycles. The first-order chi connectivity index (χ1) is 9.16. The van der Waals surface area contributed by atoms with Crippen molar-refractivity contribution >= 4 is 16.6 Å². The lowest BCUT2D eigenvalue weighted by atomic mass is 10.2. The molecule has 0 bridgehead atoms. The van der Waals surface area contributed by atoms with Gasteiger partial charge in [0.25, 0.3) is 0 Å². The van der Waals surface area contributed by atoms with Crippen molar-refractivity contribution in [2.24, 2.45) is 0 Å². The Kier molecular flexibility index (Phi) is 2.71. The maximum Gasteiger partial charge on any atom is 0.163 e. The summed E-state index contributed by atoms with van der Waals surface area (Å²) in [5.74, 6) is -1.64. The molecule has 0 aliphatic rings. The lowest BCUT2D eigenvalue weighted by molar-refractivity contribution is 0.496. The van der Waals surface area contributed by atoms with Crippen LogP contribution in [0.15, 0.2) is 48.7 Å². The lowest BCUT2D eigenvalue weighted by Gasteiger charge is -2.08. The number of halogens is 2. The summed E-state index contributed by atoms with van der Waals surface area (Å²) in [6, 6.07) is 11.7. The first-order valence-corrected chi connectivity index (χ1v) is 5.93. The van der Waals surface area contributed by atoms with Gasteiger partial charge in [0, 0.05) is 17.1 Å². The Labute approximate surface area is 109 Å². The third-order valence-electron chi connectivity index (χ3n) is 3.19. The minimum atomic E-state index is -0.832. The number of aromatic nitrogens is 1. The van der Waals surface area contributed by atoms with Crippen LogP contribution in [-0.2, 0) is 6.54 Å². The Hall–Kier alpha value is -2.36. The Morgan fingerprint density at radius 1 is 1.00 bits per heavy atom. The van der Waals surface area contributed by atoms with Crippen LogP contribution in [0.1, 0.15) is 5.56 Å². The molecule has 2 N–H and O–H groups in total. The van der Waals surface area contributed by atoms with Gasteiger partial charge in [-0.3, -0.25) is 0 Å². The second kappa shape index (κ2) is 4.39. The van der Waals surface area contributed by atoms with Crippen LogP contribution in [0.2, 0.25) is 0 Å². The monoisotopic (exact) mass is 258 g/mol. The average Bonchev–Trinajstić information content (AvgIpc) is 2.80. The molecule has 3 rings (SSSR count). The molecular weight excluding hydrogens is 246 g/mol. The average molecular weight is 258 g/mol. The maximum atomic E-state index is 13.7. The van der Waals surface area contributed by atoms with E-state index in [1.807, 2.05) is 29.0 Å². The SMILES string of the molecule is Nc1cccc2ccn(Cc3cccc(F)c3F)c12. The van der Waals surface area contributed by atoms with E-state index >= 15 is 0 Å². The standard InChI is InChI=1S/C15H12F2N2/c16-12-5-1-4-11(14(12)17)9-19-8-7-10-3-2-6-13(18)15(10)19/h1-8H,9,18H2. The van der Waals surface area contributed by atoms with Crippen molar-refractivity contribution in [2.45, 2.75) is 6.54 Å². The van der Waals surface area contributed by atoms with E-state index < -0.39 is 11.6 Å². The number of nitrogen functional groups attached to an aromatic ring is 1. The predicted octanol–water partition coefficient (Wildman–Crippen LogP) is 3.55. The smallest absolute Gasteiger partial charge is 0.163 e. The van der Waals surface area contributed by atoms with Crippen molar-refractivity contribution in [3.05, 3.63) is 65.9 Å². The summed E-state index contributed by atoms with van der Waals surface area (Å²) in [4.78, 5) is 0. The van der Waals surface area contributed by atoms with Gasteiger partial charge in [-0.15, -0.1) is 0 Å². The molecule has 19 heavy (non-hydrogen) atoms. The number of hydrogen-bond acceptors (Lipinski definition) is 1. The molecular formula is C15H12F2N2. The highest BCUT2D eigenvalue weighted by Crippen LogP contribution is 2.23. The third-order valence-corrected chi connectivity index (χ3v) is 3.19. The van der Waals surface area contributed by atoms with Gasteiger partial charge in [0.2, 0.25) is 0 Å². The lowest BCUT2D eigenvalue weighted by Crippen LogP contribution is -2.03. The zero-order chi connectivity index (χ0) is 13.4. The molecule has 0 aliphatic heterocycles. The fraction of sp³-hybridized carbons (Fsp3) is 0.0667. The molecule has 0 amide bonds. The summed E-state index contributed by atoms with van der Waals surface area (Å²) < 4.78 is 28.7. The van der Waals surface area contributed by atoms with Crippen molar-refractivity contribution in [1.29, 1.82) is 0 Å². The number of nitrogens with two attached hydrogens (primary N) is 1. The van der Waals surface area contributed by atoms with Crippen molar-refractivity contribution < 1.29 is 8.78 Å². The quantitative estimate of drug-likeness (QED) is 0.700. The van der Waals surface area contributed by atoms with Gasteiger partial charge in [-0.2, -0.15) is 0 Å². The first-order valence-electron chi connectivity index (χ1n) is 5.93. The van der Waals surface area contributed by atoms with Gasteiger partial charge >= 0.3 is 0 Å². The van der Waals surface area contributed by atoms with Crippen molar-refractivity contribution in [3.63, 3.8) is 0 Å². The van der Waals surface area contributed by atoms with Crippen LogP contribution >= 0.6 is 0 Å². The van der Waals surface area contributed by atoms with Gasteiger partial charge in [-0.25, -0.2) is 8.78 Å². The predicted molar refractivity (Wildman–Crippen MR) is 71.8 cm³/mol. The van der Waals surface area contributed by atoms with Crippen LogP contribution in [-0.4, -0.2) is 4.57 Å². The van der Waals surface area contributed by atoms with Gasteiger partial charge < -0.3 is 10.3 Å². The zero-order valence-electron chi connectivity index (χ0n) is 10.1. The molecule has 0 saturated heterocycles. The Balaban J connectivity index is 2.09. The summed E-state index contributed by atoms with van der Waals surface area (Å²) in [7, 11) is 0. The summed E-state index contributed by atoms with van der Waals surface area (Å²) in [6.07, 6.45) is 1.82. The van der Waals surface area contributed by atoms with Gasteiger partial charge in [0.05, 0.1) is 17.7 Å². The van der Waals surface area contributed by atoms with Gasteiger partial charge in [-0.1, -0.05) is 24.3 Å². The third kappa shape index (κ3) is 1.95. The highest BCUT2D eigenvalue weighted by molar-refractivity contribution is 5.90. The van der Waals surface area contributed by atoms with Gasteiger partial charge in [0.15, 0.2) is 11.6 Å². The van der Waals surface area contributed by atoms with Crippen molar-refractivity contribution in [3.8, 4) is 0 Å². The number of rotatable bonds is 2. The molecule has 0 radical (unpaired) electrons. The first kappa shape index (κ1) is 11.7. The number of anilines is 1. The van der Waals surface area contributed by atoms with E-state index in [0.717, 1.165) is 17.0 Å². The van der Waals surface area contributed by atoms with Gasteiger partial charge in [-0.05, 0) is 18.2 Å². The summed E-state index contributed by atoms with van der Waals surface area (Å²) in [6.45, 7) is 0.251. The largest absolute Gasteiger partial charge is 0.397 e. The molecule has 1 heterocycles. The molecule has 0 fully saturated rings. The van der Waals surface area contributed by atoms with Crippen LogP contribution in [0.25, 0.3) is 10.9 Å². The molecule has 2 aromatic carbocycles. The number of benzene rings is 2. The number of hydrogen-bond donors (Lipinski definition) is 1. The van der Waals surface area contributed by atoms with Gasteiger partial charge in [0.1, 0.15) is 0 Å². The van der Waals surface area contributed by atoms with E-state index in [4.69, 9.17) is 5.73 Å². The molecule has 0 atom stereocenters. The summed E-state index contributed by atoms with van der Waals surface area (Å²) in [5.41, 5.74) is 7.70. The summed E-state index contributed by atoms with van der Waals surface area (Å²) >= 11 is 0. The molecule has 4 heteroatoms. The number of para-hydroxylation sites is 1. The minimum Gasteiger partial charge on any atom is -0.397 e. The normalized spacial score (nSPS) is 11.1. The van der Waals surface area contributed by atoms with Crippen molar-refractivity contribution in [2.75, 3.05) is 5.73 Å². The van der Waals surface area contributed by atoms with E-state index in [9.17, 15) is 8.78 Å². The summed E-state index contributed by atoms with van der Waals surface area (Å²) in [5, 5.41) is 0.983. The molecule has 0 aliphatic carbocycles. The van der Waals surface area contributed by atoms with E-state index in [0.29, 0.717) is 11.3 Å². The second-order valence-corrected chi connectivity index (χ2v) is 4.44. The fourth-order valence-electron chi connectivity index (χ4n) is 2.28. The van der Waals surface area contributed by atoms with Crippen molar-refractivity contribution in [1.82, 2.24) is 4.57 Å². The van der Waals surface area contributed by atoms with Crippen LogP contribution in [0.4, 0.5) is 14.5 Å². The molecule has 3 aromatic rings. The molecule has 0 unspecified atom stereocenters. The van der Waals surface area contributed by atoms with E-state index in [2.05, 4.69) is 0 Å². The highest BCUT2D eigenvalue weighted by atomic mass is 19.2. The zero-order valence-corrected chi connectivity index (χ0v) is 10.1. The van der Waals surface area contributed by atoms with Crippen LogP contribution in [0, 0.1) is 11.6 Å².